The first-order valence-electron chi connectivity index (χ1n) is 5.38. The van der Waals surface area contributed by atoms with Crippen molar-refractivity contribution < 1.29 is 17.7 Å². The van der Waals surface area contributed by atoms with Gasteiger partial charge in [-0.05, 0) is 12.1 Å². The lowest BCUT2D eigenvalue weighted by molar-refractivity contribution is -0.385. The second-order valence-electron chi connectivity index (χ2n) is 3.84. The van der Waals surface area contributed by atoms with E-state index < -0.39 is 31.3 Å². The van der Waals surface area contributed by atoms with E-state index in [1.54, 1.807) is 0 Å². The Hall–Kier alpha value is -2.26. The number of sulfonamides is 1. The van der Waals surface area contributed by atoms with Crippen molar-refractivity contribution in [3.8, 4) is 0 Å². The Bertz CT molecular complexity index is 813. The highest BCUT2D eigenvalue weighted by molar-refractivity contribution is 7.92. The first-order valence-corrected chi connectivity index (χ1v) is 7.24. The fourth-order valence-corrected chi connectivity index (χ4v) is 2.72. The van der Waals surface area contributed by atoms with Crippen LogP contribution < -0.4 is 4.72 Å². The van der Waals surface area contributed by atoms with Crippen molar-refractivity contribution in [3.63, 3.8) is 0 Å². The van der Waals surface area contributed by atoms with Crippen LogP contribution in [0.15, 0.2) is 41.4 Å². The largest absolute Gasteiger partial charge is 0.271 e. The monoisotopic (exact) mass is 331 g/mol. The lowest BCUT2D eigenvalue weighted by atomic mass is 10.3. The first kappa shape index (κ1) is 15.1. The van der Waals surface area contributed by atoms with E-state index in [2.05, 4.69) is 4.98 Å². The van der Waals surface area contributed by atoms with Gasteiger partial charge in [-0.15, -0.1) is 0 Å². The summed E-state index contributed by atoms with van der Waals surface area (Å²) in [5, 5.41) is 10.9. The maximum Gasteiger partial charge on any atom is 0.271 e. The van der Waals surface area contributed by atoms with Gasteiger partial charge < -0.3 is 0 Å². The average Bonchev–Trinajstić information content (AvgIpc) is 2.38. The molecule has 0 saturated carbocycles. The minimum Gasteiger partial charge on any atom is -0.263 e. The number of hydrogen-bond acceptors (Lipinski definition) is 5. The topological polar surface area (TPSA) is 102 Å². The maximum absolute atomic E-state index is 13.6. The molecule has 1 aromatic heterocycles. The molecule has 2 rings (SSSR count). The Morgan fingerprint density at radius 3 is 2.62 bits per heavy atom. The molecule has 0 bridgehead atoms. The molecule has 21 heavy (non-hydrogen) atoms. The number of nitrogens with one attached hydrogen (secondary N) is 1. The van der Waals surface area contributed by atoms with Crippen molar-refractivity contribution in [1.82, 2.24) is 4.98 Å². The zero-order valence-corrected chi connectivity index (χ0v) is 11.7. The van der Waals surface area contributed by atoms with E-state index in [9.17, 15) is 22.9 Å². The number of halogens is 2. The lowest BCUT2D eigenvalue weighted by Gasteiger charge is -2.08. The summed E-state index contributed by atoms with van der Waals surface area (Å²) >= 11 is 5.68. The molecule has 1 N–H and O–H groups in total. The highest BCUT2D eigenvalue weighted by atomic mass is 35.5. The number of pyridine rings is 1. The molecule has 0 amide bonds. The SMILES string of the molecule is O=[N+]([O-])c1ccc(F)c(S(=O)(=O)Nc2cc(Cl)ccn2)c1. The molecule has 0 fully saturated rings. The number of nitro groups is 1. The number of non-ortho nitro benzene ring substituents is 1. The summed E-state index contributed by atoms with van der Waals surface area (Å²) in [5.41, 5.74) is -0.546. The van der Waals surface area contributed by atoms with E-state index in [0.29, 0.717) is 12.1 Å². The fourth-order valence-electron chi connectivity index (χ4n) is 1.46. The molecular weight excluding hydrogens is 325 g/mol. The van der Waals surface area contributed by atoms with Crippen LogP contribution in [0.5, 0.6) is 0 Å². The summed E-state index contributed by atoms with van der Waals surface area (Å²) in [4.78, 5) is 12.7. The van der Waals surface area contributed by atoms with E-state index in [1.165, 1.54) is 18.3 Å². The number of rotatable bonds is 4. The molecule has 0 unspecified atom stereocenters. The van der Waals surface area contributed by atoms with E-state index >= 15 is 0 Å². The van der Waals surface area contributed by atoms with Gasteiger partial charge in [-0.2, -0.15) is 0 Å². The van der Waals surface area contributed by atoms with Gasteiger partial charge in [0.05, 0.1) is 4.92 Å². The molecule has 0 aliphatic heterocycles. The maximum atomic E-state index is 13.6. The fraction of sp³-hybridized carbons (Fsp3) is 0. The number of hydrogen-bond donors (Lipinski definition) is 1. The van der Waals surface area contributed by atoms with Gasteiger partial charge in [-0.1, -0.05) is 11.6 Å². The van der Waals surface area contributed by atoms with Gasteiger partial charge in [0.1, 0.15) is 16.5 Å². The Morgan fingerprint density at radius 2 is 2.00 bits per heavy atom. The predicted octanol–water partition coefficient (Wildman–Crippen LogP) is 2.58. The first-order chi connectivity index (χ1) is 9.79. The van der Waals surface area contributed by atoms with Crippen LogP contribution in [-0.2, 0) is 10.0 Å². The molecule has 0 spiro atoms. The van der Waals surface area contributed by atoms with Crippen LogP contribution in [0.4, 0.5) is 15.9 Å². The number of benzene rings is 1. The van der Waals surface area contributed by atoms with E-state index in [1.807, 2.05) is 4.72 Å². The average molecular weight is 332 g/mol. The van der Waals surface area contributed by atoms with Gasteiger partial charge >= 0.3 is 0 Å². The quantitative estimate of drug-likeness (QED) is 0.685. The third-order valence-electron chi connectivity index (χ3n) is 2.38. The van der Waals surface area contributed by atoms with Gasteiger partial charge in [0.15, 0.2) is 0 Å². The van der Waals surface area contributed by atoms with Crippen molar-refractivity contribution in [2.24, 2.45) is 0 Å². The number of anilines is 1. The molecule has 110 valence electrons. The van der Waals surface area contributed by atoms with E-state index in [-0.39, 0.29) is 10.8 Å². The third-order valence-corrected chi connectivity index (χ3v) is 3.98. The number of nitro benzene ring substituents is 1. The minimum atomic E-state index is -4.37. The van der Waals surface area contributed by atoms with Gasteiger partial charge in [-0.25, -0.2) is 17.8 Å². The standard InChI is InChI=1S/C11H7ClFN3O4S/c12-7-3-4-14-11(5-7)15-21(19,20)10-6-8(16(17)18)1-2-9(10)13/h1-6H,(H,14,15). The molecule has 0 atom stereocenters. The Labute approximate surface area is 123 Å². The molecular formula is C11H7ClFN3O4S. The van der Waals surface area contributed by atoms with Gasteiger partial charge in [0, 0.05) is 29.4 Å². The molecule has 7 nitrogen and oxygen atoms in total. The predicted molar refractivity (Wildman–Crippen MR) is 73.1 cm³/mol. The second kappa shape index (κ2) is 5.62. The molecule has 0 aliphatic rings. The Balaban J connectivity index is 2.44. The lowest BCUT2D eigenvalue weighted by Crippen LogP contribution is -2.15. The number of nitrogens with zero attached hydrogens (tertiary/aromatic N) is 2. The van der Waals surface area contributed by atoms with Gasteiger partial charge in [0.25, 0.3) is 15.7 Å². The summed E-state index contributed by atoms with van der Waals surface area (Å²) in [6.45, 7) is 0. The highest BCUT2D eigenvalue weighted by Gasteiger charge is 2.23. The van der Waals surface area contributed by atoms with Crippen molar-refractivity contribution in [1.29, 1.82) is 0 Å². The van der Waals surface area contributed by atoms with Gasteiger partial charge in [0.2, 0.25) is 0 Å². The minimum absolute atomic E-state index is 0.131. The molecule has 1 aromatic carbocycles. The van der Waals surface area contributed by atoms with E-state index in [0.717, 1.165) is 6.07 Å². The van der Waals surface area contributed by atoms with Crippen molar-refractivity contribution >= 4 is 33.1 Å². The second-order valence-corrected chi connectivity index (χ2v) is 5.92. The van der Waals surface area contributed by atoms with Crippen LogP contribution in [0.3, 0.4) is 0 Å². The summed E-state index contributed by atoms with van der Waals surface area (Å²) in [6, 6.07) is 4.84. The summed E-state index contributed by atoms with van der Waals surface area (Å²) in [7, 11) is -4.37. The third kappa shape index (κ3) is 3.44. The Kier molecular flexibility index (Phi) is 4.05. The molecule has 2 aromatic rings. The normalized spacial score (nSPS) is 11.1. The van der Waals surface area contributed by atoms with Crippen molar-refractivity contribution in [2.75, 3.05) is 4.72 Å². The molecule has 1 heterocycles. The molecule has 0 radical (unpaired) electrons. The Morgan fingerprint density at radius 1 is 1.29 bits per heavy atom. The summed E-state index contributed by atoms with van der Waals surface area (Å²) in [6.07, 6.45) is 1.25. The van der Waals surface area contributed by atoms with Crippen molar-refractivity contribution in [3.05, 3.63) is 57.5 Å². The van der Waals surface area contributed by atoms with Crippen molar-refractivity contribution in [2.45, 2.75) is 4.90 Å². The summed E-state index contributed by atoms with van der Waals surface area (Å²) < 4.78 is 39.7. The highest BCUT2D eigenvalue weighted by Crippen LogP contribution is 2.23. The van der Waals surface area contributed by atoms with Crippen LogP contribution in [0.2, 0.25) is 5.02 Å². The van der Waals surface area contributed by atoms with Crippen LogP contribution in [0.1, 0.15) is 0 Å². The van der Waals surface area contributed by atoms with Crippen LogP contribution in [-0.4, -0.2) is 18.3 Å². The smallest absolute Gasteiger partial charge is 0.263 e. The zero-order chi connectivity index (χ0) is 15.6. The van der Waals surface area contributed by atoms with Crippen LogP contribution >= 0.6 is 11.6 Å². The van der Waals surface area contributed by atoms with Gasteiger partial charge in [-0.3, -0.25) is 14.8 Å². The molecule has 0 aliphatic carbocycles. The molecule has 10 heteroatoms. The van der Waals surface area contributed by atoms with Crippen LogP contribution in [0.25, 0.3) is 0 Å². The number of aromatic nitrogens is 1. The molecule has 0 saturated heterocycles. The summed E-state index contributed by atoms with van der Waals surface area (Å²) in [5.74, 6) is -1.25. The van der Waals surface area contributed by atoms with E-state index in [4.69, 9.17) is 11.6 Å². The van der Waals surface area contributed by atoms with Crippen LogP contribution in [0, 0.1) is 15.9 Å². The zero-order valence-electron chi connectivity index (χ0n) is 10.2.